The van der Waals surface area contributed by atoms with Crippen LogP contribution in [0.15, 0.2) is 24.8 Å². The van der Waals surface area contributed by atoms with Gasteiger partial charge in [-0.05, 0) is 25.8 Å². The standard InChI is InChI=1S/C18H28N8/c1-23-7-9-25(10-8-23)16-11-17(22-18(19)21-16)26-5-2-3-15(13-26)12-24-6-4-20-14-24/h4,6,11,14-15H,2-3,5,7-10,12-13H2,1H3,(H2,19,21,22)/t15-/m1/s1. The van der Waals surface area contributed by atoms with Gasteiger partial charge in [-0.2, -0.15) is 9.97 Å². The number of hydrogen-bond donors (Lipinski definition) is 1. The Morgan fingerprint density at radius 2 is 1.85 bits per heavy atom. The molecule has 1 atom stereocenters. The van der Waals surface area contributed by atoms with Gasteiger partial charge in [0.25, 0.3) is 0 Å². The summed E-state index contributed by atoms with van der Waals surface area (Å²) in [6, 6.07) is 2.11. The Kier molecular flexibility index (Phi) is 4.92. The number of hydrogen-bond acceptors (Lipinski definition) is 7. The van der Waals surface area contributed by atoms with E-state index in [2.05, 4.69) is 47.3 Å². The lowest BCUT2D eigenvalue weighted by Crippen LogP contribution is -2.45. The highest BCUT2D eigenvalue weighted by molar-refractivity contribution is 5.54. The van der Waals surface area contributed by atoms with E-state index in [9.17, 15) is 0 Å². The van der Waals surface area contributed by atoms with Gasteiger partial charge >= 0.3 is 0 Å². The molecule has 0 bridgehead atoms. The number of imidazole rings is 1. The van der Waals surface area contributed by atoms with Gasteiger partial charge in [0.2, 0.25) is 5.95 Å². The first kappa shape index (κ1) is 17.1. The summed E-state index contributed by atoms with van der Waals surface area (Å²) in [7, 11) is 2.16. The Morgan fingerprint density at radius 1 is 1.08 bits per heavy atom. The van der Waals surface area contributed by atoms with Gasteiger partial charge in [0.05, 0.1) is 6.33 Å². The maximum Gasteiger partial charge on any atom is 0.223 e. The molecule has 8 nitrogen and oxygen atoms in total. The Bertz CT molecular complexity index is 708. The molecular weight excluding hydrogens is 328 g/mol. The van der Waals surface area contributed by atoms with Crippen molar-refractivity contribution in [2.24, 2.45) is 5.92 Å². The van der Waals surface area contributed by atoms with Crippen LogP contribution >= 0.6 is 0 Å². The summed E-state index contributed by atoms with van der Waals surface area (Å²) in [4.78, 5) is 20.2. The molecule has 4 heterocycles. The van der Waals surface area contributed by atoms with Crippen LogP contribution in [0.4, 0.5) is 17.6 Å². The van der Waals surface area contributed by atoms with E-state index in [-0.39, 0.29) is 0 Å². The second-order valence-electron chi connectivity index (χ2n) is 7.45. The molecule has 0 radical (unpaired) electrons. The van der Waals surface area contributed by atoms with Crippen molar-refractivity contribution in [3.8, 4) is 0 Å². The molecule has 26 heavy (non-hydrogen) atoms. The van der Waals surface area contributed by atoms with Crippen molar-refractivity contribution < 1.29 is 0 Å². The monoisotopic (exact) mass is 356 g/mol. The lowest BCUT2D eigenvalue weighted by atomic mass is 9.98. The number of anilines is 3. The summed E-state index contributed by atoms with van der Waals surface area (Å²) in [5, 5.41) is 0. The second-order valence-corrected chi connectivity index (χ2v) is 7.45. The first-order valence-corrected chi connectivity index (χ1v) is 9.46. The Morgan fingerprint density at radius 3 is 2.58 bits per heavy atom. The predicted molar refractivity (Wildman–Crippen MR) is 103 cm³/mol. The van der Waals surface area contributed by atoms with E-state index < -0.39 is 0 Å². The average molecular weight is 356 g/mol. The SMILES string of the molecule is CN1CCN(c2cc(N3CCC[C@H](Cn4ccnc4)C3)nc(N)n2)CC1. The zero-order chi connectivity index (χ0) is 17.9. The van der Waals surface area contributed by atoms with Crippen LogP contribution in [0.25, 0.3) is 0 Å². The second kappa shape index (κ2) is 7.49. The fourth-order valence-electron chi connectivity index (χ4n) is 3.91. The van der Waals surface area contributed by atoms with Crippen LogP contribution in [-0.4, -0.2) is 70.7 Å². The summed E-state index contributed by atoms with van der Waals surface area (Å²) in [5.74, 6) is 2.88. The summed E-state index contributed by atoms with van der Waals surface area (Å²) < 4.78 is 2.16. The minimum atomic E-state index is 0.369. The van der Waals surface area contributed by atoms with Crippen molar-refractivity contribution in [1.29, 1.82) is 0 Å². The molecule has 0 unspecified atom stereocenters. The van der Waals surface area contributed by atoms with Crippen LogP contribution in [0.2, 0.25) is 0 Å². The molecule has 2 aliphatic rings. The van der Waals surface area contributed by atoms with Crippen molar-refractivity contribution >= 4 is 17.6 Å². The van der Waals surface area contributed by atoms with Gasteiger partial charge in [-0.15, -0.1) is 0 Å². The molecule has 8 heteroatoms. The third-order valence-corrected chi connectivity index (χ3v) is 5.41. The Hall–Kier alpha value is -2.35. The molecule has 0 amide bonds. The smallest absolute Gasteiger partial charge is 0.223 e. The van der Waals surface area contributed by atoms with Gasteiger partial charge in [-0.25, -0.2) is 4.98 Å². The van der Waals surface area contributed by atoms with Gasteiger partial charge in [-0.1, -0.05) is 0 Å². The summed E-state index contributed by atoms with van der Waals surface area (Å²) in [6.45, 7) is 7.09. The predicted octanol–water partition coefficient (Wildman–Crippen LogP) is 0.924. The van der Waals surface area contributed by atoms with Gasteiger partial charge in [0.1, 0.15) is 11.6 Å². The number of rotatable bonds is 4. The summed E-state index contributed by atoms with van der Waals surface area (Å²) in [5.41, 5.74) is 6.05. The molecule has 4 rings (SSSR count). The van der Waals surface area contributed by atoms with Crippen LogP contribution in [-0.2, 0) is 6.54 Å². The zero-order valence-corrected chi connectivity index (χ0v) is 15.5. The van der Waals surface area contributed by atoms with Crippen molar-refractivity contribution in [2.45, 2.75) is 19.4 Å². The largest absolute Gasteiger partial charge is 0.368 e. The number of nitrogens with two attached hydrogens (primary N) is 1. The van der Waals surface area contributed by atoms with Gasteiger partial charge < -0.3 is 25.0 Å². The summed E-state index contributed by atoms with van der Waals surface area (Å²) in [6.07, 6.45) is 8.18. The van der Waals surface area contributed by atoms with Crippen LogP contribution in [0.3, 0.4) is 0 Å². The minimum absolute atomic E-state index is 0.369. The first-order valence-electron chi connectivity index (χ1n) is 9.46. The average Bonchev–Trinajstić information content (AvgIpc) is 3.15. The number of piperazine rings is 1. The van der Waals surface area contributed by atoms with Crippen LogP contribution in [0.1, 0.15) is 12.8 Å². The highest BCUT2D eigenvalue weighted by Gasteiger charge is 2.23. The lowest BCUT2D eigenvalue weighted by Gasteiger charge is -2.36. The first-order chi connectivity index (χ1) is 12.7. The van der Waals surface area contributed by atoms with E-state index in [4.69, 9.17) is 5.73 Å². The van der Waals surface area contributed by atoms with E-state index in [0.717, 1.165) is 57.4 Å². The van der Waals surface area contributed by atoms with Crippen LogP contribution in [0.5, 0.6) is 0 Å². The molecule has 2 N–H and O–H groups in total. The highest BCUT2D eigenvalue weighted by Crippen LogP contribution is 2.26. The molecule has 0 aromatic carbocycles. The van der Waals surface area contributed by atoms with Gasteiger partial charge in [0.15, 0.2) is 0 Å². The Balaban J connectivity index is 1.47. The fraction of sp³-hybridized carbons (Fsp3) is 0.611. The van der Waals surface area contributed by atoms with E-state index in [0.29, 0.717) is 11.9 Å². The van der Waals surface area contributed by atoms with Crippen molar-refractivity contribution in [2.75, 3.05) is 61.8 Å². The zero-order valence-electron chi connectivity index (χ0n) is 15.5. The van der Waals surface area contributed by atoms with Crippen molar-refractivity contribution in [3.63, 3.8) is 0 Å². The maximum absolute atomic E-state index is 6.05. The fourth-order valence-corrected chi connectivity index (χ4v) is 3.91. The molecule has 140 valence electrons. The number of aromatic nitrogens is 4. The lowest BCUT2D eigenvalue weighted by molar-refractivity contribution is 0.312. The number of likely N-dealkylation sites (N-methyl/N-ethyl adjacent to an activating group) is 1. The van der Waals surface area contributed by atoms with E-state index in [1.54, 1.807) is 0 Å². The molecule has 2 fully saturated rings. The van der Waals surface area contributed by atoms with Crippen molar-refractivity contribution in [3.05, 3.63) is 24.8 Å². The molecule has 0 spiro atoms. The quantitative estimate of drug-likeness (QED) is 0.873. The van der Waals surface area contributed by atoms with Crippen molar-refractivity contribution in [1.82, 2.24) is 24.4 Å². The highest BCUT2D eigenvalue weighted by atomic mass is 15.3. The van der Waals surface area contributed by atoms with Crippen LogP contribution in [0, 0.1) is 5.92 Å². The number of nitrogens with zero attached hydrogens (tertiary/aromatic N) is 7. The van der Waals surface area contributed by atoms with E-state index >= 15 is 0 Å². The third-order valence-electron chi connectivity index (χ3n) is 5.41. The normalized spacial score (nSPS) is 22.0. The van der Waals surface area contributed by atoms with Crippen LogP contribution < -0.4 is 15.5 Å². The van der Waals surface area contributed by atoms with E-state index in [1.807, 2.05) is 18.7 Å². The number of nitrogen functional groups attached to an aromatic ring is 1. The third kappa shape index (κ3) is 3.90. The molecule has 2 aromatic rings. The molecular formula is C18H28N8. The number of piperidine rings is 1. The Labute approximate surface area is 154 Å². The summed E-state index contributed by atoms with van der Waals surface area (Å²) >= 11 is 0. The van der Waals surface area contributed by atoms with Gasteiger partial charge in [0, 0.05) is 64.3 Å². The van der Waals surface area contributed by atoms with Gasteiger partial charge in [-0.3, -0.25) is 0 Å². The molecule has 0 saturated carbocycles. The molecule has 0 aliphatic carbocycles. The minimum Gasteiger partial charge on any atom is -0.368 e. The molecule has 2 saturated heterocycles. The molecule has 2 aliphatic heterocycles. The topological polar surface area (TPSA) is 79.3 Å². The van der Waals surface area contributed by atoms with E-state index in [1.165, 1.54) is 12.8 Å². The maximum atomic E-state index is 6.05. The molecule has 2 aromatic heterocycles.